The number of carbonyl (C=O) groups is 3. The summed E-state index contributed by atoms with van der Waals surface area (Å²) in [6, 6.07) is 8.68. The normalized spacial score (nSPS) is 20.8. The van der Waals surface area contributed by atoms with Crippen LogP contribution in [-0.2, 0) is 20.8 Å². The quantitative estimate of drug-likeness (QED) is 0.507. The number of aryl methyl sites for hydroxylation is 1. The van der Waals surface area contributed by atoms with Crippen molar-refractivity contribution >= 4 is 17.8 Å². The monoisotopic (exact) mass is 362 g/mol. The van der Waals surface area contributed by atoms with Gasteiger partial charge < -0.3 is 10.0 Å². The van der Waals surface area contributed by atoms with E-state index in [2.05, 4.69) is 0 Å². The van der Waals surface area contributed by atoms with E-state index in [0.29, 0.717) is 25.7 Å². The average molecular weight is 362 g/mol. The van der Waals surface area contributed by atoms with Gasteiger partial charge >= 0.3 is 5.97 Å². The van der Waals surface area contributed by atoms with E-state index in [-0.39, 0.29) is 5.91 Å². The molecule has 26 heavy (non-hydrogen) atoms. The fourth-order valence-corrected chi connectivity index (χ4v) is 3.66. The summed E-state index contributed by atoms with van der Waals surface area (Å²) in [5, 5.41) is 18.4. The Morgan fingerprint density at radius 2 is 1.77 bits per heavy atom. The van der Waals surface area contributed by atoms with Crippen molar-refractivity contribution in [2.24, 2.45) is 11.8 Å². The number of carboxylic acid groups (broad SMARTS) is 1. The van der Waals surface area contributed by atoms with E-state index in [0.717, 1.165) is 18.4 Å². The first-order valence-corrected chi connectivity index (χ1v) is 8.93. The van der Waals surface area contributed by atoms with Crippen LogP contribution < -0.4 is 5.48 Å². The van der Waals surface area contributed by atoms with Crippen LogP contribution in [0.4, 0.5) is 0 Å². The Morgan fingerprint density at radius 1 is 1.15 bits per heavy atom. The lowest BCUT2D eigenvalue weighted by Crippen LogP contribution is -2.51. The molecule has 1 aromatic rings. The molecule has 1 fully saturated rings. The smallest absolute Gasteiger partial charge is 0.307 e. The molecule has 142 valence electrons. The maximum Gasteiger partial charge on any atom is 0.307 e. The molecule has 0 aliphatic heterocycles. The van der Waals surface area contributed by atoms with Gasteiger partial charge in [-0.15, -0.1) is 0 Å². The first-order chi connectivity index (χ1) is 12.5. The number of carbonyl (C=O) groups excluding carboxylic acids is 2. The lowest BCUT2D eigenvalue weighted by atomic mass is 9.78. The van der Waals surface area contributed by atoms with Crippen molar-refractivity contribution in [1.82, 2.24) is 10.4 Å². The average Bonchev–Trinajstić information content (AvgIpc) is 2.67. The van der Waals surface area contributed by atoms with Gasteiger partial charge in [0.2, 0.25) is 5.91 Å². The second-order valence-corrected chi connectivity index (χ2v) is 6.80. The molecule has 1 saturated carbocycles. The van der Waals surface area contributed by atoms with Crippen LogP contribution in [0.5, 0.6) is 0 Å². The first kappa shape index (κ1) is 19.9. The van der Waals surface area contributed by atoms with Crippen molar-refractivity contribution in [2.75, 3.05) is 7.05 Å². The van der Waals surface area contributed by atoms with Gasteiger partial charge in [0.1, 0.15) is 6.04 Å². The predicted molar refractivity (Wildman–Crippen MR) is 94.3 cm³/mol. The molecular weight excluding hydrogens is 336 g/mol. The molecule has 7 heteroatoms. The number of aliphatic carboxylic acids is 1. The Hall–Kier alpha value is -2.41. The van der Waals surface area contributed by atoms with Crippen LogP contribution in [0.1, 0.15) is 37.7 Å². The standard InChI is InChI=1S/C19H26N2O5/c1-21(18(23)14-9-5-6-10-15(14)19(24)25)16(17(22)20-26)12-11-13-7-3-2-4-8-13/h2-4,7-8,14-16,26H,5-6,9-12H2,1H3,(H,20,22)(H,24,25)/t14-,15+,16?/m1/s1. The molecule has 1 aliphatic rings. The minimum absolute atomic E-state index is 0.336. The Labute approximate surface area is 153 Å². The molecule has 0 saturated heterocycles. The molecule has 3 atom stereocenters. The topological polar surface area (TPSA) is 107 Å². The molecule has 0 bridgehead atoms. The molecule has 0 radical (unpaired) electrons. The molecule has 0 heterocycles. The van der Waals surface area contributed by atoms with Crippen molar-refractivity contribution in [3.8, 4) is 0 Å². The summed E-state index contributed by atoms with van der Waals surface area (Å²) in [7, 11) is 1.50. The number of nitrogens with zero attached hydrogens (tertiary/aromatic N) is 1. The Kier molecular flexibility index (Phi) is 7.15. The lowest BCUT2D eigenvalue weighted by Gasteiger charge is -2.34. The summed E-state index contributed by atoms with van der Waals surface area (Å²) in [5.41, 5.74) is 2.64. The third-order valence-corrected chi connectivity index (χ3v) is 5.18. The number of hydrogen-bond donors (Lipinski definition) is 3. The summed E-state index contributed by atoms with van der Waals surface area (Å²) >= 11 is 0. The van der Waals surface area contributed by atoms with Crippen LogP contribution >= 0.6 is 0 Å². The van der Waals surface area contributed by atoms with Crippen LogP contribution in [-0.4, -0.2) is 46.1 Å². The van der Waals surface area contributed by atoms with Crippen molar-refractivity contribution in [3.63, 3.8) is 0 Å². The predicted octanol–water partition coefficient (Wildman–Crippen LogP) is 1.84. The summed E-state index contributed by atoms with van der Waals surface area (Å²) in [4.78, 5) is 37.8. The number of carboxylic acids is 1. The summed E-state index contributed by atoms with van der Waals surface area (Å²) in [6.07, 6.45) is 3.47. The number of benzene rings is 1. The third kappa shape index (κ3) is 4.82. The Bertz CT molecular complexity index is 634. The van der Waals surface area contributed by atoms with E-state index in [4.69, 9.17) is 5.21 Å². The van der Waals surface area contributed by atoms with Gasteiger partial charge in [-0.2, -0.15) is 0 Å². The van der Waals surface area contributed by atoms with Crippen LogP contribution in [0, 0.1) is 11.8 Å². The fraction of sp³-hybridized carbons (Fsp3) is 0.526. The van der Waals surface area contributed by atoms with E-state index < -0.39 is 29.8 Å². The van der Waals surface area contributed by atoms with Crippen molar-refractivity contribution in [3.05, 3.63) is 35.9 Å². The zero-order valence-electron chi connectivity index (χ0n) is 14.9. The second-order valence-electron chi connectivity index (χ2n) is 6.80. The Morgan fingerprint density at radius 3 is 2.35 bits per heavy atom. The van der Waals surface area contributed by atoms with Gasteiger partial charge in [-0.1, -0.05) is 43.2 Å². The minimum atomic E-state index is -0.969. The highest BCUT2D eigenvalue weighted by Crippen LogP contribution is 2.32. The minimum Gasteiger partial charge on any atom is -0.481 e. The Balaban J connectivity index is 2.11. The number of likely N-dealkylation sites (N-methyl/N-ethyl adjacent to an activating group) is 1. The molecule has 1 aromatic carbocycles. The number of rotatable bonds is 7. The first-order valence-electron chi connectivity index (χ1n) is 8.93. The highest BCUT2D eigenvalue weighted by atomic mass is 16.5. The lowest BCUT2D eigenvalue weighted by molar-refractivity contribution is -0.154. The number of nitrogens with one attached hydrogen (secondary N) is 1. The van der Waals surface area contributed by atoms with Crippen molar-refractivity contribution < 1.29 is 24.7 Å². The van der Waals surface area contributed by atoms with Crippen LogP contribution in [0.15, 0.2) is 30.3 Å². The molecule has 0 spiro atoms. The molecule has 0 aromatic heterocycles. The van der Waals surface area contributed by atoms with Crippen molar-refractivity contribution in [2.45, 2.75) is 44.6 Å². The largest absolute Gasteiger partial charge is 0.481 e. The molecule has 1 unspecified atom stereocenters. The van der Waals surface area contributed by atoms with Crippen LogP contribution in [0.25, 0.3) is 0 Å². The number of hydroxylamine groups is 1. The van der Waals surface area contributed by atoms with Gasteiger partial charge in [0, 0.05) is 7.05 Å². The summed E-state index contributed by atoms with van der Waals surface area (Å²) < 4.78 is 0. The van der Waals surface area contributed by atoms with Gasteiger partial charge in [0.15, 0.2) is 0 Å². The molecule has 3 N–H and O–H groups in total. The zero-order valence-corrected chi connectivity index (χ0v) is 14.9. The number of hydrogen-bond acceptors (Lipinski definition) is 4. The highest BCUT2D eigenvalue weighted by Gasteiger charge is 2.39. The zero-order chi connectivity index (χ0) is 19.1. The SMILES string of the molecule is CN(C(=O)[C@@H]1CCCC[C@@H]1C(=O)O)C(CCc1ccccc1)C(=O)NO. The van der Waals surface area contributed by atoms with Gasteiger partial charge in [0.05, 0.1) is 11.8 Å². The fourth-order valence-electron chi connectivity index (χ4n) is 3.66. The van der Waals surface area contributed by atoms with Crippen LogP contribution in [0.2, 0.25) is 0 Å². The summed E-state index contributed by atoms with van der Waals surface area (Å²) in [6.45, 7) is 0. The molecule has 7 nitrogen and oxygen atoms in total. The third-order valence-electron chi connectivity index (χ3n) is 5.18. The molecule has 1 aliphatic carbocycles. The van der Waals surface area contributed by atoms with E-state index in [1.165, 1.54) is 11.9 Å². The van der Waals surface area contributed by atoms with Gasteiger partial charge in [-0.05, 0) is 31.2 Å². The van der Waals surface area contributed by atoms with Crippen LogP contribution in [0.3, 0.4) is 0 Å². The molecular formula is C19H26N2O5. The van der Waals surface area contributed by atoms with E-state index in [1.54, 1.807) is 5.48 Å². The maximum absolute atomic E-state index is 12.9. The second kappa shape index (κ2) is 9.33. The summed E-state index contributed by atoms with van der Waals surface area (Å²) in [5.74, 6) is -3.33. The van der Waals surface area contributed by atoms with Crippen molar-refractivity contribution in [1.29, 1.82) is 0 Å². The van der Waals surface area contributed by atoms with E-state index in [1.807, 2.05) is 30.3 Å². The molecule has 2 rings (SSSR count). The highest BCUT2D eigenvalue weighted by molar-refractivity contribution is 5.90. The maximum atomic E-state index is 12.9. The number of amides is 2. The van der Waals surface area contributed by atoms with Gasteiger partial charge in [0.25, 0.3) is 5.91 Å². The van der Waals surface area contributed by atoms with Gasteiger partial charge in [-0.3, -0.25) is 19.6 Å². The van der Waals surface area contributed by atoms with Gasteiger partial charge in [-0.25, -0.2) is 5.48 Å². The van der Waals surface area contributed by atoms with E-state index >= 15 is 0 Å². The molecule has 2 amide bonds. The van der Waals surface area contributed by atoms with E-state index in [9.17, 15) is 19.5 Å².